The summed E-state index contributed by atoms with van der Waals surface area (Å²) in [5.41, 5.74) is 0.730. The second-order valence-electron chi connectivity index (χ2n) is 3.14. The highest BCUT2D eigenvalue weighted by Crippen LogP contribution is 2.13. The van der Waals surface area contributed by atoms with E-state index >= 15 is 0 Å². The monoisotopic (exact) mass is 158 g/mol. The van der Waals surface area contributed by atoms with Crippen LogP contribution in [0.4, 0.5) is 0 Å². The first kappa shape index (κ1) is 10.1. The number of allylic oxidation sites excluding steroid dienone is 1. The van der Waals surface area contributed by atoms with Gasteiger partial charge in [-0.3, -0.25) is 0 Å². The minimum absolute atomic E-state index is 0.415. The van der Waals surface area contributed by atoms with Crippen molar-refractivity contribution < 1.29 is 10.2 Å². The Kier molecular flexibility index (Phi) is 3.74. The van der Waals surface area contributed by atoms with Gasteiger partial charge in [0.05, 0.1) is 10.8 Å². The molecule has 0 atom stereocenters. The molecule has 0 aromatic heterocycles. The van der Waals surface area contributed by atoms with E-state index in [1.807, 2.05) is 33.8 Å². The molecule has 0 rings (SSSR count). The van der Waals surface area contributed by atoms with Crippen molar-refractivity contribution in [3.05, 3.63) is 11.6 Å². The number of rotatable bonds is 3. The van der Waals surface area contributed by atoms with Crippen molar-refractivity contribution in [3.63, 3.8) is 0 Å². The molecule has 0 radical (unpaired) electrons. The minimum atomic E-state index is -0.415. The maximum absolute atomic E-state index is 7.88. The fourth-order valence-corrected chi connectivity index (χ4v) is 0.859. The predicted molar refractivity (Wildman–Crippen MR) is 42.1 cm³/mol. The van der Waals surface area contributed by atoms with Crippen LogP contribution in [-0.2, 0) is 4.99 Å². The summed E-state index contributed by atoms with van der Waals surface area (Å²) >= 11 is 0. The van der Waals surface area contributed by atoms with E-state index in [1.54, 1.807) is 0 Å². The Labute approximate surface area is 66.5 Å². The standard InChI is InChI=1S/C7H14N2O2/c1-6(2)5-7(3,4)8-9-11-10/h5,10H,1-4H3. The van der Waals surface area contributed by atoms with E-state index in [1.165, 1.54) is 0 Å². The van der Waals surface area contributed by atoms with Gasteiger partial charge in [-0.2, -0.15) is 5.26 Å². The van der Waals surface area contributed by atoms with E-state index < -0.39 is 5.54 Å². The molecule has 0 fully saturated rings. The molecule has 0 amide bonds. The van der Waals surface area contributed by atoms with E-state index in [-0.39, 0.29) is 0 Å². The Hall–Kier alpha value is -0.900. The molecule has 0 aromatic rings. The summed E-state index contributed by atoms with van der Waals surface area (Å²) in [6, 6.07) is 0. The molecule has 0 saturated heterocycles. The average Bonchev–Trinajstić information content (AvgIpc) is 1.81. The lowest BCUT2D eigenvalue weighted by atomic mass is 10.0. The van der Waals surface area contributed by atoms with Crippen LogP contribution in [0.25, 0.3) is 0 Å². The smallest absolute Gasteiger partial charge is 0.0979 e. The third-order valence-corrected chi connectivity index (χ3v) is 0.977. The zero-order valence-corrected chi connectivity index (χ0v) is 7.33. The van der Waals surface area contributed by atoms with Crippen molar-refractivity contribution in [2.24, 2.45) is 10.4 Å². The summed E-state index contributed by atoms with van der Waals surface area (Å²) in [7, 11) is 0. The Morgan fingerprint density at radius 2 is 2.00 bits per heavy atom. The molecule has 0 aliphatic carbocycles. The summed E-state index contributed by atoms with van der Waals surface area (Å²) in [5.74, 6) is 0. The van der Waals surface area contributed by atoms with Crippen LogP contribution in [-0.4, -0.2) is 10.8 Å². The maximum Gasteiger partial charge on any atom is 0.0979 e. The maximum atomic E-state index is 7.88. The van der Waals surface area contributed by atoms with Crippen molar-refractivity contribution in [1.82, 2.24) is 0 Å². The van der Waals surface area contributed by atoms with Gasteiger partial charge in [0.25, 0.3) is 0 Å². The van der Waals surface area contributed by atoms with Gasteiger partial charge >= 0.3 is 0 Å². The highest BCUT2D eigenvalue weighted by molar-refractivity contribution is 5.06. The SMILES string of the molecule is CC(C)=CC(C)(C)N=NOO. The van der Waals surface area contributed by atoms with Gasteiger partial charge < -0.3 is 0 Å². The van der Waals surface area contributed by atoms with Gasteiger partial charge in [0, 0.05) is 0 Å². The first-order valence-electron chi connectivity index (χ1n) is 3.37. The van der Waals surface area contributed by atoms with E-state index in [0.29, 0.717) is 0 Å². The van der Waals surface area contributed by atoms with Gasteiger partial charge in [-0.1, -0.05) is 11.6 Å². The Bertz CT molecular complexity index is 169. The highest BCUT2D eigenvalue weighted by Gasteiger charge is 2.12. The summed E-state index contributed by atoms with van der Waals surface area (Å²) < 4.78 is 0. The van der Waals surface area contributed by atoms with E-state index in [0.717, 1.165) is 5.57 Å². The van der Waals surface area contributed by atoms with Crippen LogP contribution in [0.1, 0.15) is 27.7 Å². The highest BCUT2D eigenvalue weighted by atomic mass is 17.2. The van der Waals surface area contributed by atoms with Crippen molar-refractivity contribution in [2.75, 3.05) is 0 Å². The molecule has 0 saturated carbocycles. The molecule has 0 bridgehead atoms. The predicted octanol–water partition coefficient (Wildman–Crippen LogP) is 2.59. The van der Waals surface area contributed by atoms with Crippen molar-refractivity contribution in [1.29, 1.82) is 0 Å². The molecule has 0 heterocycles. The van der Waals surface area contributed by atoms with Crippen LogP contribution in [0.5, 0.6) is 0 Å². The van der Waals surface area contributed by atoms with Gasteiger partial charge in [-0.05, 0) is 27.7 Å². The average molecular weight is 158 g/mol. The number of hydrogen-bond donors (Lipinski definition) is 1. The van der Waals surface area contributed by atoms with Crippen LogP contribution in [0, 0.1) is 0 Å². The molecule has 64 valence electrons. The fourth-order valence-electron chi connectivity index (χ4n) is 0.859. The van der Waals surface area contributed by atoms with Crippen LogP contribution >= 0.6 is 0 Å². The third kappa shape index (κ3) is 5.54. The molecule has 0 aromatic carbocycles. The Morgan fingerprint density at radius 1 is 1.45 bits per heavy atom. The Morgan fingerprint density at radius 3 is 2.36 bits per heavy atom. The van der Waals surface area contributed by atoms with Gasteiger partial charge in [0.1, 0.15) is 0 Å². The van der Waals surface area contributed by atoms with Crippen molar-refractivity contribution >= 4 is 0 Å². The molecular weight excluding hydrogens is 144 g/mol. The van der Waals surface area contributed by atoms with E-state index in [9.17, 15) is 0 Å². The Balaban J connectivity index is 4.22. The zero-order chi connectivity index (χ0) is 8.91. The minimum Gasteiger partial charge on any atom is -0.203 e. The van der Waals surface area contributed by atoms with E-state index in [2.05, 4.69) is 15.4 Å². The molecule has 1 N–H and O–H groups in total. The summed E-state index contributed by atoms with van der Waals surface area (Å²) in [6.07, 6.45) is 1.93. The lowest BCUT2D eigenvalue weighted by Crippen LogP contribution is -2.11. The largest absolute Gasteiger partial charge is 0.203 e. The lowest BCUT2D eigenvalue weighted by molar-refractivity contribution is -0.252. The topological polar surface area (TPSA) is 54.2 Å². The summed E-state index contributed by atoms with van der Waals surface area (Å²) in [4.78, 5) is 3.49. The normalized spacial score (nSPS) is 11.7. The van der Waals surface area contributed by atoms with Gasteiger partial charge in [0.15, 0.2) is 0 Å². The quantitative estimate of drug-likeness (QED) is 0.297. The second-order valence-corrected chi connectivity index (χ2v) is 3.14. The first-order valence-corrected chi connectivity index (χ1v) is 3.37. The van der Waals surface area contributed by atoms with Crippen LogP contribution in [0.2, 0.25) is 0 Å². The molecular formula is C7H14N2O2. The molecule has 4 heteroatoms. The summed E-state index contributed by atoms with van der Waals surface area (Å²) in [6.45, 7) is 7.67. The van der Waals surface area contributed by atoms with Crippen LogP contribution in [0.3, 0.4) is 0 Å². The lowest BCUT2D eigenvalue weighted by Gasteiger charge is -2.11. The number of hydrogen-bond acceptors (Lipinski definition) is 4. The fraction of sp³-hybridized carbons (Fsp3) is 0.714. The molecule has 4 nitrogen and oxygen atoms in total. The zero-order valence-electron chi connectivity index (χ0n) is 7.33. The van der Waals surface area contributed by atoms with Crippen LogP contribution < -0.4 is 0 Å². The molecule has 0 spiro atoms. The second kappa shape index (κ2) is 4.08. The molecule has 0 aliphatic heterocycles. The third-order valence-electron chi connectivity index (χ3n) is 0.977. The van der Waals surface area contributed by atoms with Crippen molar-refractivity contribution in [2.45, 2.75) is 33.2 Å². The van der Waals surface area contributed by atoms with Gasteiger partial charge in [0.2, 0.25) is 0 Å². The molecule has 0 aliphatic rings. The summed E-state index contributed by atoms with van der Waals surface area (Å²) in [5, 5.41) is 14.6. The first-order chi connectivity index (χ1) is 4.98. The molecule has 0 unspecified atom stereocenters. The van der Waals surface area contributed by atoms with Gasteiger partial charge in [-0.15, -0.1) is 5.11 Å². The van der Waals surface area contributed by atoms with E-state index in [4.69, 9.17) is 5.26 Å². The van der Waals surface area contributed by atoms with Crippen LogP contribution in [0.15, 0.2) is 22.0 Å². The molecule has 11 heavy (non-hydrogen) atoms. The van der Waals surface area contributed by atoms with Gasteiger partial charge in [-0.25, -0.2) is 4.99 Å². The number of nitrogens with zero attached hydrogens (tertiary/aromatic N) is 2. The van der Waals surface area contributed by atoms with Crippen molar-refractivity contribution in [3.8, 4) is 0 Å².